The second kappa shape index (κ2) is 3.08. The van der Waals surface area contributed by atoms with Crippen LogP contribution in [-0.4, -0.2) is 7.41 Å². The molecule has 0 fully saturated rings. The van der Waals surface area contributed by atoms with Gasteiger partial charge in [-0.2, -0.15) is 0 Å². The molecule has 2 N–H and O–H groups in total. The Balaban J connectivity index is 3.14. The van der Waals surface area contributed by atoms with Crippen LogP contribution in [0.3, 0.4) is 0 Å². The third-order valence-electron chi connectivity index (χ3n) is 1.36. The van der Waals surface area contributed by atoms with Gasteiger partial charge in [0.2, 0.25) is 7.41 Å². The van der Waals surface area contributed by atoms with E-state index in [0.29, 0.717) is 11.7 Å². The van der Waals surface area contributed by atoms with Crippen LogP contribution >= 0.6 is 0 Å². The first-order valence-corrected chi connectivity index (χ1v) is 2.73. The fraction of sp³-hybridized carbons (Fsp3) is 1.00. The van der Waals surface area contributed by atoms with Crippen LogP contribution in [0.15, 0.2) is 0 Å². The number of hydrogen-bond acceptors (Lipinski definition) is 1. The molecule has 0 saturated carbocycles. The van der Waals surface area contributed by atoms with Crippen molar-refractivity contribution >= 4 is 7.41 Å². The smallest absolute Gasteiger partial charge is 0.205 e. The highest BCUT2D eigenvalue weighted by molar-refractivity contribution is 6.33. The lowest BCUT2D eigenvalue weighted by molar-refractivity contribution is 0.618. The van der Waals surface area contributed by atoms with Gasteiger partial charge in [-0.3, -0.25) is 0 Å². The molecule has 0 amide bonds. The lowest BCUT2D eigenvalue weighted by Gasteiger charge is -2.09. The zero-order valence-electron chi connectivity index (χ0n) is 5.31. The molecule has 0 saturated heterocycles. The van der Waals surface area contributed by atoms with Crippen molar-refractivity contribution in [2.24, 2.45) is 11.6 Å². The number of rotatable bonds is 2. The summed E-state index contributed by atoms with van der Waals surface area (Å²) >= 11 is 0. The lowest BCUT2D eigenvalue weighted by Crippen LogP contribution is -2.15. The zero-order valence-corrected chi connectivity index (χ0v) is 5.31. The van der Waals surface area contributed by atoms with E-state index in [9.17, 15) is 0 Å². The first kappa shape index (κ1) is 7.02. The van der Waals surface area contributed by atoms with Crippen molar-refractivity contribution in [2.75, 3.05) is 0 Å². The van der Waals surface area contributed by atoms with Crippen molar-refractivity contribution in [2.45, 2.75) is 26.6 Å². The molecule has 1 nitrogen and oxygen atoms in total. The highest BCUT2D eigenvalue weighted by atomic mass is 14.4. The van der Waals surface area contributed by atoms with Crippen molar-refractivity contribution in [3.05, 3.63) is 0 Å². The summed E-state index contributed by atoms with van der Waals surface area (Å²) in [6.07, 6.45) is 0. The second-order valence-electron chi connectivity index (χ2n) is 2.30. The summed E-state index contributed by atoms with van der Waals surface area (Å²) in [6, 6.07) is 0. The summed E-state index contributed by atoms with van der Waals surface area (Å²) in [7, 11) is 1.74. The van der Waals surface area contributed by atoms with Crippen LogP contribution in [0.5, 0.6) is 0 Å². The van der Waals surface area contributed by atoms with Crippen molar-refractivity contribution in [3.63, 3.8) is 0 Å². The SMILES string of the molecule is CC(C)C(C)[B]N. The van der Waals surface area contributed by atoms with Gasteiger partial charge in [0.05, 0.1) is 0 Å². The van der Waals surface area contributed by atoms with Gasteiger partial charge in [-0.25, -0.2) is 0 Å². The van der Waals surface area contributed by atoms with E-state index in [0.717, 1.165) is 0 Å². The lowest BCUT2D eigenvalue weighted by atomic mass is 9.72. The van der Waals surface area contributed by atoms with Crippen molar-refractivity contribution < 1.29 is 0 Å². The van der Waals surface area contributed by atoms with Crippen LogP contribution in [-0.2, 0) is 0 Å². The maximum atomic E-state index is 5.25. The van der Waals surface area contributed by atoms with Crippen molar-refractivity contribution in [3.8, 4) is 0 Å². The summed E-state index contributed by atoms with van der Waals surface area (Å²) < 4.78 is 0. The predicted molar refractivity (Wildman–Crippen MR) is 34.2 cm³/mol. The average molecular weight is 98.0 g/mol. The molecule has 0 heterocycles. The number of hydrogen-bond donors (Lipinski definition) is 1. The van der Waals surface area contributed by atoms with E-state index in [1.54, 1.807) is 7.41 Å². The molecule has 0 aliphatic heterocycles. The maximum absolute atomic E-state index is 5.25. The molecule has 0 rings (SSSR count). The summed E-state index contributed by atoms with van der Waals surface area (Å²) in [5, 5.41) is 0. The van der Waals surface area contributed by atoms with Gasteiger partial charge in [0, 0.05) is 0 Å². The van der Waals surface area contributed by atoms with Gasteiger partial charge in [-0.1, -0.05) is 32.5 Å². The van der Waals surface area contributed by atoms with E-state index in [1.165, 1.54) is 0 Å². The van der Waals surface area contributed by atoms with Crippen LogP contribution in [0.25, 0.3) is 0 Å². The molecule has 0 aromatic rings. The van der Waals surface area contributed by atoms with Crippen LogP contribution in [0.1, 0.15) is 20.8 Å². The fourth-order valence-electron chi connectivity index (χ4n) is 0.222. The molecule has 7 heavy (non-hydrogen) atoms. The molecule has 0 aromatic carbocycles. The van der Waals surface area contributed by atoms with Gasteiger partial charge in [0.25, 0.3) is 0 Å². The summed E-state index contributed by atoms with van der Waals surface area (Å²) in [5.74, 6) is 1.24. The molecule has 2 heteroatoms. The van der Waals surface area contributed by atoms with E-state index in [1.807, 2.05) is 0 Å². The Hall–Kier alpha value is 0.0249. The topological polar surface area (TPSA) is 26.0 Å². The Morgan fingerprint density at radius 3 is 1.71 bits per heavy atom. The van der Waals surface area contributed by atoms with Gasteiger partial charge in [-0.15, -0.1) is 0 Å². The molecule has 1 radical (unpaired) electrons. The molecular weight excluding hydrogens is 84.9 g/mol. The first-order chi connectivity index (χ1) is 3.18. The minimum absolute atomic E-state index is 0.556. The van der Waals surface area contributed by atoms with Crippen LogP contribution < -0.4 is 5.64 Å². The molecule has 1 unspecified atom stereocenters. The average Bonchev–Trinajstić information content (AvgIpc) is 1.65. The van der Waals surface area contributed by atoms with Gasteiger partial charge in [-0.05, 0) is 0 Å². The molecule has 1 atom stereocenters. The van der Waals surface area contributed by atoms with E-state index >= 15 is 0 Å². The monoisotopic (exact) mass is 98.1 g/mol. The van der Waals surface area contributed by atoms with E-state index in [4.69, 9.17) is 5.64 Å². The highest BCUT2D eigenvalue weighted by Gasteiger charge is 2.03. The Morgan fingerprint density at radius 1 is 1.29 bits per heavy atom. The third-order valence-corrected chi connectivity index (χ3v) is 1.36. The minimum atomic E-state index is 0.556. The van der Waals surface area contributed by atoms with Gasteiger partial charge < -0.3 is 5.64 Å². The normalized spacial score (nSPS) is 14.4. The maximum Gasteiger partial charge on any atom is 0.205 e. The largest absolute Gasteiger partial charge is 0.374 e. The molecule has 41 valence electrons. The fourth-order valence-corrected chi connectivity index (χ4v) is 0.222. The highest BCUT2D eigenvalue weighted by Crippen LogP contribution is 2.11. The molecule has 0 aromatic heterocycles. The minimum Gasteiger partial charge on any atom is -0.374 e. The van der Waals surface area contributed by atoms with Crippen LogP contribution in [0.2, 0.25) is 5.82 Å². The summed E-state index contributed by atoms with van der Waals surface area (Å²) in [5.41, 5.74) is 5.25. The standard InChI is InChI=1S/C5H13BN/c1-4(2)5(3)6-7/h4-5H,7H2,1-3H3. The summed E-state index contributed by atoms with van der Waals surface area (Å²) in [4.78, 5) is 0. The predicted octanol–water partition coefficient (Wildman–Crippen LogP) is 1.03. The molecule has 0 spiro atoms. The Morgan fingerprint density at radius 2 is 1.71 bits per heavy atom. The molecular formula is C5H13BN. The van der Waals surface area contributed by atoms with E-state index in [2.05, 4.69) is 20.8 Å². The number of nitrogens with two attached hydrogens (primary N) is 1. The molecule has 0 aliphatic carbocycles. The zero-order chi connectivity index (χ0) is 5.86. The summed E-state index contributed by atoms with van der Waals surface area (Å²) in [6.45, 7) is 6.44. The Kier molecular flexibility index (Phi) is 3.09. The third kappa shape index (κ3) is 2.69. The van der Waals surface area contributed by atoms with E-state index in [-0.39, 0.29) is 0 Å². The van der Waals surface area contributed by atoms with Crippen LogP contribution in [0, 0.1) is 5.92 Å². The van der Waals surface area contributed by atoms with E-state index < -0.39 is 0 Å². The Bertz CT molecular complexity index is 45.3. The van der Waals surface area contributed by atoms with Gasteiger partial charge in [0.1, 0.15) is 0 Å². The molecule has 0 aliphatic rings. The van der Waals surface area contributed by atoms with Crippen molar-refractivity contribution in [1.82, 2.24) is 0 Å². The van der Waals surface area contributed by atoms with Gasteiger partial charge >= 0.3 is 0 Å². The Labute approximate surface area is 46.5 Å². The first-order valence-electron chi connectivity index (χ1n) is 2.73. The molecule has 0 bridgehead atoms. The van der Waals surface area contributed by atoms with Crippen molar-refractivity contribution in [1.29, 1.82) is 0 Å². The van der Waals surface area contributed by atoms with Gasteiger partial charge in [0.15, 0.2) is 0 Å². The second-order valence-corrected chi connectivity index (χ2v) is 2.30. The quantitative estimate of drug-likeness (QED) is 0.513. The van der Waals surface area contributed by atoms with Crippen LogP contribution in [0.4, 0.5) is 0 Å².